The van der Waals surface area contributed by atoms with Crippen LogP contribution in [0.2, 0.25) is 5.02 Å². The molecule has 0 aliphatic heterocycles. The number of aromatic nitrogens is 2. The monoisotopic (exact) mass is 369 g/mol. The third kappa shape index (κ3) is 2.87. The molecule has 2 heterocycles. The SMILES string of the molecule is O=C(NCC1(CO)CCC1c1cccc(Cl)c1)c1ncn2ccccc12. The van der Waals surface area contributed by atoms with Gasteiger partial charge in [0.05, 0.1) is 12.1 Å². The quantitative estimate of drug-likeness (QED) is 0.725. The van der Waals surface area contributed by atoms with E-state index in [4.69, 9.17) is 11.6 Å². The first-order valence-electron chi connectivity index (χ1n) is 8.69. The highest BCUT2D eigenvalue weighted by atomic mass is 35.5. The molecule has 1 aliphatic carbocycles. The van der Waals surface area contributed by atoms with Crippen LogP contribution in [0.4, 0.5) is 0 Å². The standard InChI is InChI=1S/C20H20ClN3O2/c21-15-5-3-4-14(10-15)16-7-8-20(16,12-25)11-22-19(26)18-17-6-1-2-9-24(17)13-23-18/h1-6,9-10,13,16,25H,7-8,11-12H2,(H,22,26). The second-order valence-corrected chi connectivity index (χ2v) is 7.37. The van der Waals surface area contributed by atoms with Gasteiger partial charge in [-0.25, -0.2) is 4.98 Å². The maximum Gasteiger partial charge on any atom is 0.272 e. The minimum absolute atomic E-state index is 0.0222. The molecular weight excluding hydrogens is 350 g/mol. The van der Waals surface area contributed by atoms with Gasteiger partial charge in [0.15, 0.2) is 5.69 Å². The molecular formula is C20H20ClN3O2. The molecule has 0 bridgehead atoms. The predicted molar refractivity (Wildman–Crippen MR) is 100 cm³/mol. The maximum absolute atomic E-state index is 12.6. The molecule has 26 heavy (non-hydrogen) atoms. The summed E-state index contributed by atoms with van der Waals surface area (Å²) >= 11 is 6.11. The van der Waals surface area contributed by atoms with E-state index in [1.807, 2.05) is 53.1 Å². The van der Waals surface area contributed by atoms with E-state index >= 15 is 0 Å². The second-order valence-electron chi connectivity index (χ2n) is 6.94. The lowest BCUT2D eigenvalue weighted by Gasteiger charge is -2.49. The molecule has 6 heteroatoms. The van der Waals surface area contributed by atoms with Crippen LogP contribution in [0, 0.1) is 5.41 Å². The lowest BCUT2D eigenvalue weighted by molar-refractivity contribution is 0.0164. The van der Waals surface area contributed by atoms with Crippen LogP contribution in [0.3, 0.4) is 0 Å². The molecule has 0 spiro atoms. The summed E-state index contributed by atoms with van der Waals surface area (Å²) in [7, 11) is 0. The third-order valence-electron chi connectivity index (χ3n) is 5.50. The van der Waals surface area contributed by atoms with Gasteiger partial charge in [-0.2, -0.15) is 0 Å². The average Bonchev–Trinajstić information content (AvgIpc) is 3.06. The summed E-state index contributed by atoms with van der Waals surface area (Å²) in [6.45, 7) is 0.430. The lowest BCUT2D eigenvalue weighted by Crippen LogP contribution is -2.50. The van der Waals surface area contributed by atoms with Crippen molar-refractivity contribution in [2.45, 2.75) is 18.8 Å². The molecule has 3 aromatic rings. The van der Waals surface area contributed by atoms with Crippen molar-refractivity contribution in [2.24, 2.45) is 5.41 Å². The number of imidazole rings is 1. The topological polar surface area (TPSA) is 66.6 Å². The number of aliphatic hydroxyl groups is 1. The van der Waals surface area contributed by atoms with E-state index in [0.717, 1.165) is 23.9 Å². The van der Waals surface area contributed by atoms with Crippen LogP contribution in [0.25, 0.3) is 5.52 Å². The van der Waals surface area contributed by atoms with Gasteiger partial charge in [0.2, 0.25) is 0 Å². The molecule has 4 rings (SSSR count). The number of hydrogen-bond acceptors (Lipinski definition) is 3. The first-order valence-corrected chi connectivity index (χ1v) is 9.07. The van der Waals surface area contributed by atoms with Crippen LogP contribution in [-0.2, 0) is 0 Å². The van der Waals surface area contributed by atoms with E-state index in [9.17, 15) is 9.90 Å². The number of benzene rings is 1. The van der Waals surface area contributed by atoms with Crippen LogP contribution in [-0.4, -0.2) is 33.6 Å². The molecule has 2 N–H and O–H groups in total. The summed E-state index contributed by atoms with van der Waals surface area (Å²) in [5, 5.41) is 13.7. The Bertz CT molecular complexity index is 951. The summed E-state index contributed by atoms with van der Waals surface area (Å²) in [4.78, 5) is 16.9. The maximum atomic E-state index is 12.6. The summed E-state index contributed by atoms with van der Waals surface area (Å²) in [6.07, 6.45) is 5.33. The van der Waals surface area contributed by atoms with Gasteiger partial charge in [-0.05, 0) is 48.6 Å². The Balaban J connectivity index is 1.51. The molecule has 2 unspecified atom stereocenters. The van der Waals surface area contributed by atoms with Crippen LogP contribution in [0.1, 0.15) is 34.8 Å². The number of hydrogen-bond donors (Lipinski definition) is 2. The summed E-state index contributed by atoms with van der Waals surface area (Å²) < 4.78 is 1.81. The predicted octanol–water partition coefficient (Wildman–Crippen LogP) is 3.27. The molecule has 1 aliphatic rings. The number of rotatable bonds is 5. The van der Waals surface area contributed by atoms with Gasteiger partial charge < -0.3 is 14.8 Å². The Hall–Kier alpha value is -2.37. The number of carbonyl (C=O) groups excluding carboxylic acids is 1. The number of aliphatic hydroxyl groups excluding tert-OH is 1. The number of nitrogens with one attached hydrogen (secondary N) is 1. The summed E-state index contributed by atoms with van der Waals surface area (Å²) in [5.41, 5.74) is 1.93. The zero-order valence-corrected chi connectivity index (χ0v) is 15.0. The van der Waals surface area contributed by atoms with E-state index in [2.05, 4.69) is 10.3 Å². The van der Waals surface area contributed by atoms with E-state index in [0.29, 0.717) is 17.3 Å². The fourth-order valence-electron chi connectivity index (χ4n) is 3.86. The second kappa shape index (κ2) is 6.74. The number of carbonyl (C=O) groups is 1. The Morgan fingerprint density at radius 3 is 2.96 bits per heavy atom. The Labute approximate surface area is 156 Å². The Morgan fingerprint density at radius 1 is 1.35 bits per heavy atom. The van der Waals surface area contributed by atoms with Crippen molar-refractivity contribution in [2.75, 3.05) is 13.2 Å². The van der Waals surface area contributed by atoms with Gasteiger partial charge in [-0.3, -0.25) is 4.79 Å². The zero-order chi connectivity index (χ0) is 18.1. The van der Waals surface area contributed by atoms with E-state index < -0.39 is 0 Å². The van der Waals surface area contributed by atoms with Crippen molar-refractivity contribution in [1.82, 2.24) is 14.7 Å². The highest BCUT2D eigenvalue weighted by Crippen LogP contribution is 2.52. The number of pyridine rings is 1. The van der Waals surface area contributed by atoms with Crippen molar-refractivity contribution in [3.63, 3.8) is 0 Å². The summed E-state index contributed by atoms with van der Waals surface area (Å²) in [6, 6.07) is 13.4. The van der Waals surface area contributed by atoms with Gasteiger partial charge in [-0.1, -0.05) is 29.8 Å². The lowest BCUT2D eigenvalue weighted by atomic mass is 9.58. The van der Waals surface area contributed by atoms with Gasteiger partial charge in [0.25, 0.3) is 5.91 Å². The zero-order valence-electron chi connectivity index (χ0n) is 14.2. The van der Waals surface area contributed by atoms with Crippen molar-refractivity contribution in [1.29, 1.82) is 0 Å². The molecule has 0 saturated heterocycles. The Morgan fingerprint density at radius 2 is 2.23 bits per heavy atom. The number of amides is 1. The van der Waals surface area contributed by atoms with E-state index in [-0.39, 0.29) is 23.8 Å². The fourth-order valence-corrected chi connectivity index (χ4v) is 4.05. The normalized spacial score (nSPS) is 22.2. The first kappa shape index (κ1) is 17.1. The fraction of sp³-hybridized carbons (Fsp3) is 0.300. The third-order valence-corrected chi connectivity index (χ3v) is 5.73. The molecule has 0 radical (unpaired) electrons. The van der Waals surface area contributed by atoms with Gasteiger partial charge >= 0.3 is 0 Å². The smallest absolute Gasteiger partial charge is 0.272 e. The summed E-state index contributed by atoms with van der Waals surface area (Å²) in [5.74, 6) is -0.0338. The van der Waals surface area contributed by atoms with Gasteiger partial charge in [0, 0.05) is 23.2 Å². The van der Waals surface area contributed by atoms with Crippen LogP contribution in [0.5, 0.6) is 0 Å². The average molecular weight is 370 g/mol. The molecule has 134 valence electrons. The van der Waals surface area contributed by atoms with Crippen LogP contribution < -0.4 is 5.32 Å². The largest absolute Gasteiger partial charge is 0.396 e. The van der Waals surface area contributed by atoms with Crippen molar-refractivity contribution >= 4 is 23.0 Å². The Kier molecular flexibility index (Phi) is 4.42. The van der Waals surface area contributed by atoms with Crippen molar-refractivity contribution in [3.05, 3.63) is 71.3 Å². The minimum Gasteiger partial charge on any atom is -0.396 e. The molecule has 1 saturated carbocycles. The van der Waals surface area contributed by atoms with Crippen LogP contribution in [0.15, 0.2) is 55.0 Å². The van der Waals surface area contributed by atoms with Crippen LogP contribution >= 0.6 is 11.6 Å². The minimum atomic E-state index is -0.351. The highest BCUT2D eigenvalue weighted by molar-refractivity contribution is 6.30. The molecule has 2 aromatic heterocycles. The van der Waals surface area contributed by atoms with Gasteiger partial charge in [-0.15, -0.1) is 0 Å². The highest BCUT2D eigenvalue weighted by Gasteiger charge is 2.47. The van der Waals surface area contributed by atoms with Crippen molar-refractivity contribution < 1.29 is 9.90 Å². The van der Waals surface area contributed by atoms with E-state index in [1.165, 1.54) is 0 Å². The van der Waals surface area contributed by atoms with E-state index in [1.54, 1.807) is 6.33 Å². The van der Waals surface area contributed by atoms with Crippen molar-refractivity contribution in [3.8, 4) is 0 Å². The molecule has 2 atom stereocenters. The first-order chi connectivity index (χ1) is 12.6. The number of halogens is 1. The number of fused-ring (bicyclic) bond motifs is 1. The molecule has 1 aromatic carbocycles. The molecule has 5 nitrogen and oxygen atoms in total. The molecule has 1 amide bonds. The molecule has 1 fully saturated rings. The number of nitrogens with zero attached hydrogens (tertiary/aromatic N) is 2. The van der Waals surface area contributed by atoms with Gasteiger partial charge in [0.1, 0.15) is 6.33 Å².